The predicted molar refractivity (Wildman–Crippen MR) is 97.6 cm³/mol. The molecule has 0 radical (unpaired) electrons. The highest BCUT2D eigenvalue weighted by Crippen LogP contribution is 2.40. The Morgan fingerprint density at radius 1 is 1.04 bits per heavy atom. The van der Waals surface area contributed by atoms with Gasteiger partial charge in [-0.05, 0) is 55.6 Å². The van der Waals surface area contributed by atoms with Crippen molar-refractivity contribution in [2.75, 3.05) is 19.6 Å². The fourth-order valence-corrected chi connectivity index (χ4v) is 4.31. The number of aromatic nitrogens is 1. The number of carbonyl (C=O) groups excluding carboxylic acids is 1. The molecule has 1 amide bonds. The molecule has 2 fully saturated rings. The molecule has 1 unspecified atom stereocenters. The monoisotopic (exact) mass is 353 g/mol. The van der Waals surface area contributed by atoms with Crippen LogP contribution in [0.3, 0.4) is 0 Å². The SMILES string of the molecule is O=C1N(Cc2ccc(F)cc2)CCCC12CCN(Cc1ccccn1)C2. The normalized spacial score (nSPS) is 23.7. The van der Waals surface area contributed by atoms with E-state index >= 15 is 0 Å². The summed E-state index contributed by atoms with van der Waals surface area (Å²) in [5.41, 5.74) is 1.78. The van der Waals surface area contributed by atoms with Crippen LogP contribution in [0.2, 0.25) is 0 Å². The summed E-state index contributed by atoms with van der Waals surface area (Å²) < 4.78 is 13.1. The van der Waals surface area contributed by atoms with Gasteiger partial charge in [0.2, 0.25) is 5.91 Å². The lowest BCUT2D eigenvalue weighted by Crippen LogP contribution is -2.49. The van der Waals surface area contributed by atoms with Crippen LogP contribution in [0.15, 0.2) is 48.7 Å². The van der Waals surface area contributed by atoms with Crippen molar-refractivity contribution >= 4 is 5.91 Å². The standard InChI is InChI=1S/C21H24FN3O/c22-18-7-5-17(6-8-18)14-25-12-3-9-21(20(25)26)10-13-24(16-21)15-19-4-1-2-11-23-19/h1-2,4-8,11H,3,9-10,12-16H2. The maximum Gasteiger partial charge on any atom is 0.230 e. The van der Waals surface area contributed by atoms with Gasteiger partial charge in [-0.3, -0.25) is 14.7 Å². The van der Waals surface area contributed by atoms with Gasteiger partial charge in [0.1, 0.15) is 5.82 Å². The van der Waals surface area contributed by atoms with Crippen LogP contribution in [0.4, 0.5) is 4.39 Å². The third-order valence-electron chi connectivity index (χ3n) is 5.66. The Kier molecular flexibility index (Phi) is 4.72. The van der Waals surface area contributed by atoms with E-state index < -0.39 is 0 Å². The first-order valence-corrected chi connectivity index (χ1v) is 9.31. The molecule has 1 spiro atoms. The highest BCUT2D eigenvalue weighted by atomic mass is 19.1. The molecule has 1 aromatic carbocycles. The number of benzene rings is 1. The minimum atomic E-state index is -0.257. The minimum absolute atomic E-state index is 0.240. The molecule has 26 heavy (non-hydrogen) atoms. The maximum absolute atomic E-state index is 13.2. The zero-order valence-electron chi connectivity index (χ0n) is 14.9. The van der Waals surface area contributed by atoms with Crippen molar-refractivity contribution in [3.63, 3.8) is 0 Å². The van der Waals surface area contributed by atoms with Gasteiger partial charge in [0.25, 0.3) is 0 Å². The number of pyridine rings is 1. The van der Waals surface area contributed by atoms with Crippen LogP contribution < -0.4 is 0 Å². The average Bonchev–Trinajstić information content (AvgIpc) is 3.05. The fraction of sp³-hybridized carbons (Fsp3) is 0.429. The molecular formula is C21H24FN3O. The molecule has 0 bridgehead atoms. The van der Waals surface area contributed by atoms with Gasteiger partial charge in [0, 0.05) is 32.4 Å². The van der Waals surface area contributed by atoms with Crippen molar-refractivity contribution < 1.29 is 9.18 Å². The molecule has 0 aliphatic carbocycles. The maximum atomic E-state index is 13.2. The number of hydrogen-bond donors (Lipinski definition) is 0. The summed E-state index contributed by atoms with van der Waals surface area (Å²) in [6, 6.07) is 12.4. The number of hydrogen-bond acceptors (Lipinski definition) is 3. The number of halogens is 1. The van der Waals surface area contributed by atoms with Crippen LogP contribution in [0, 0.1) is 11.2 Å². The van der Waals surface area contributed by atoms with Gasteiger partial charge >= 0.3 is 0 Å². The molecule has 0 saturated carbocycles. The summed E-state index contributed by atoms with van der Waals surface area (Å²) in [6.07, 6.45) is 4.73. The summed E-state index contributed by atoms with van der Waals surface area (Å²) in [5.74, 6) is 0.0211. The first kappa shape index (κ1) is 17.2. The molecule has 4 rings (SSSR count). The lowest BCUT2D eigenvalue weighted by molar-refractivity contribution is -0.146. The Morgan fingerprint density at radius 2 is 1.88 bits per heavy atom. The smallest absolute Gasteiger partial charge is 0.230 e. The number of carbonyl (C=O) groups is 1. The molecule has 0 N–H and O–H groups in total. The van der Waals surface area contributed by atoms with E-state index in [1.54, 1.807) is 12.1 Å². The van der Waals surface area contributed by atoms with Crippen molar-refractivity contribution in [2.24, 2.45) is 5.41 Å². The molecule has 5 heteroatoms. The highest BCUT2D eigenvalue weighted by molar-refractivity contribution is 5.84. The first-order valence-electron chi connectivity index (χ1n) is 9.31. The summed E-state index contributed by atoms with van der Waals surface area (Å²) in [7, 11) is 0. The van der Waals surface area contributed by atoms with E-state index in [4.69, 9.17) is 0 Å². The molecule has 2 aliphatic rings. The Morgan fingerprint density at radius 3 is 2.65 bits per heavy atom. The average molecular weight is 353 g/mol. The number of piperidine rings is 1. The van der Waals surface area contributed by atoms with E-state index in [1.807, 2.05) is 29.3 Å². The summed E-state index contributed by atoms with van der Waals surface area (Å²) in [5, 5.41) is 0. The first-order chi connectivity index (χ1) is 12.6. The zero-order valence-corrected chi connectivity index (χ0v) is 14.9. The largest absolute Gasteiger partial charge is 0.338 e. The van der Waals surface area contributed by atoms with Gasteiger partial charge in [-0.2, -0.15) is 0 Å². The van der Waals surface area contributed by atoms with Crippen molar-refractivity contribution in [1.29, 1.82) is 0 Å². The Bertz CT molecular complexity index is 765. The van der Waals surface area contributed by atoms with Gasteiger partial charge in [0.15, 0.2) is 0 Å². The quantitative estimate of drug-likeness (QED) is 0.847. The second-order valence-corrected chi connectivity index (χ2v) is 7.52. The topological polar surface area (TPSA) is 36.4 Å². The van der Waals surface area contributed by atoms with E-state index in [2.05, 4.69) is 9.88 Å². The van der Waals surface area contributed by atoms with Crippen LogP contribution in [0.25, 0.3) is 0 Å². The molecule has 2 aliphatic heterocycles. The van der Waals surface area contributed by atoms with Crippen LogP contribution in [0.5, 0.6) is 0 Å². The third-order valence-corrected chi connectivity index (χ3v) is 5.66. The Balaban J connectivity index is 1.43. The van der Waals surface area contributed by atoms with Crippen LogP contribution in [0.1, 0.15) is 30.5 Å². The molecule has 136 valence electrons. The summed E-state index contributed by atoms with van der Waals surface area (Å²) in [4.78, 5) is 21.9. The minimum Gasteiger partial charge on any atom is -0.338 e. The van der Waals surface area contributed by atoms with E-state index in [0.29, 0.717) is 6.54 Å². The second-order valence-electron chi connectivity index (χ2n) is 7.52. The lowest BCUT2D eigenvalue weighted by atomic mass is 9.78. The van der Waals surface area contributed by atoms with Gasteiger partial charge in [0.05, 0.1) is 11.1 Å². The second kappa shape index (κ2) is 7.16. The van der Waals surface area contributed by atoms with Gasteiger partial charge in [-0.25, -0.2) is 4.39 Å². The molecule has 4 nitrogen and oxygen atoms in total. The summed E-state index contributed by atoms with van der Waals surface area (Å²) in [6.45, 7) is 3.90. The van der Waals surface area contributed by atoms with Crippen molar-refractivity contribution in [1.82, 2.24) is 14.8 Å². The van der Waals surface area contributed by atoms with Gasteiger partial charge in [-0.1, -0.05) is 18.2 Å². The molecule has 2 saturated heterocycles. The van der Waals surface area contributed by atoms with E-state index in [1.165, 1.54) is 12.1 Å². The van der Waals surface area contributed by atoms with Crippen LogP contribution in [-0.4, -0.2) is 40.3 Å². The lowest BCUT2D eigenvalue weighted by Gasteiger charge is -2.39. The molecular weight excluding hydrogens is 329 g/mol. The summed E-state index contributed by atoms with van der Waals surface area (Å²) >= 11 is 0. The number of amides is 1. The van der Waals surface area contributed by atoms with Crippen molar-refractivity contribution in [3.8, 4) is 0 Å². The highest BCUT2D eigenvalue weighted by Gasteiger charge is 2.48. The zero-order chi connectivity index (χ0) is 18.0. The van der Waals surface area contributed by atoms with E-state index in [-0.39, 0.29) is 17.1 Å². The third kappa shape index (κ3) is 3.49. The molecule has 1 atom stereocenters. The van der Waals surface area contributed by atoms with Crippen LogP contribution >= 0.6 is 0 Å². The van der Waals surface area contributed by atoms with Gasteiger partial charge < -0.3 is 4.90 Å². The van der Waals surface area contributed by atoms with Crippen molar-refractivity contribution in [2.45, 2.75) is 32.4 Å². The molecule has 1 aromatic heterocycles. The number of likely N-dealkylation sites (tertiary alicyclic amines) is 2. The Hall–Kier alpha value is -2.27. The fourth-order valence-electron chi connectivity index (χ4n) is 4.31. The van der Waals surface area contributed by atoms with Gasteiger partial charge in [-0.15, -0.1) is 0 Å². The van der Waals surface area contributed by atoms with E-state index in [0.717, 1.165) is 56.7 Å². The van der Waals surface area contributed by atoms with Crippen LogP contribution in [-0.2, 0) is 17.9 Å². The number of rotatable bonds is 4. The Labute approximate surface area is 153 Å². The molecule has 3 heterocycles. The number of nitrogens with zero attached hydrogens (tertiary/aromatic N) is 3. The van der Waals surface area contributed by atoms with Crippen molar-refractivity contribution in [3.05, 3.63) is 65.7 Å². The van der Waals surface area contributed by atoms with E-state index in [9.17, 15) is 9.18 Å². The predicted octanol–water partition coefficient (Wildman–Crippen LogP) is 3.24. The molecule has 2 aromatic rings.